The number of aliphatic carboxylic acids is 1. The summed E-state index contributed by atoms with van der Waals surface area (Å²) in [6, 6.07) is 7.76. The summed E-state index contributed by atoms with van der Waals surface area (Å²) in [5.41, 5.74) is 0. The molecule has 0 spiro atoms. The molecule has 6 heteroatoms. The first-order chi connectivity index (χ1) is 14.0. The van der Waals surface area contributed by atoms with Gasteiger partial charge in [0.15, 0.2) is 0 Å². The SMILES string of the molecule is O=C(O)CCC/C=C\C[C@H]1[C@@H](/C=C/[C@@H](O)COc2ccc(I)cc2)[C@H]2CC[C@@H]1O2. The highest BCUT2D eigenvalue weighted by molar-refractivity contribution is 14.1. The molecule has 0 radical (unpaired) electrons. The molecule has 2 saturated heterocycles. The highest BCUT2D eigenvalue weighted by atomic mass is 127. The van der Waals surface area contributed by atoms with Crippen molar-refractivity contribution in [2.24, 2.45) is 11.8 Å². The molecule has 1 aromatic carbocycles. The number of halogens is 1. The minimum absolute atomic E-state index is 0.217. The van der Waals surface area contributed by atoms with Crippen LogP contribution in [0, 0.1) is 15.4 Å². The van der Waals surface area contributed by atoms with Gasteiger partial charge in [0.05, 0.1) is 12.2 Å². The first-order valence-electron chi connectivity index (χ1n) is 10.3. The summed E-state index contributed by atoms with van der Waals surface area (Å²) in [6.45, 7) is 0.229. The Labute approximate surface area is 185 Å². The van der Waals surface area contributed by atoms with Gasteiger partial charge in [-0.05, 0) is 84.9 Å². The van der Waals surface area contributed by atoms with E-state index in [1.54, 1.807) is 0 Å². The summed E-state index contributed by atoms with van der Waals surface area (Å²) in [4.78, 5) is 10.6. The third-order valence-corrected chi connectivity index (χ3v) is 6.33. The molecule has 2 N–H and O–H groups in total. The fourth-order valence-corrected chi connectivity index (χ4v) is 4.51. The topological polar surface area (TPSA) is 76.0 Å². The predicted octanol–water partition coefficient (Wildman–Crippen LogP) is 4.58. The van der Waals surface area contributed by atoms with Gasteiger partial charge >= 0.3 is 5.97 Å². The number of unbranched alkanes of at least 4 members (excludes halogenated alkanes) is 1. The van der Waals surface area contributed by atoms with Crippen LogP contribution in [0.15, 0.2) is 48.6 Å². The summed E-state index contributed by atoms with van der Waals surface area (Å²) >= 11 is 2.25. The van der Waals surface area contributed by atoms with Crippen LogP contribution in [0.2, 0.25) is 0 Å². The van der Waals surface area contributed by atoms with Crippen molar-refractivity contribution in [2.75, 3.05) is 6.61 Å². The molecule has 2 heterocycles. The standard InChI is InChI=1S/C23H29IO5/c24-16-7-10-18(11-8-16)28-15-17(25)9-12-20-19(21-13-14-22(20)29-21)5-3-1-2-4-6-23(26)27/h1,3,7-12,17,19-22,25H,2,4-6,13-15H2,(H,26,27)/b3-1-,12-9+/t17-,19+,20-,21+,22-/m1/s1. The van der Waals surface area contributed by atoms with E-state index < -0.39 is 12.1 Å². The molecule has 0 unspecified atom stereocenters. The maximum Gasteiger partial charge on any atom is 0.303 e. The highest BCUT2D eigenvalue weighted by Crippen LogP contribution is 2.45. The van der Waals surface area contributed by atoms with Crippen LogP contribution in [0.4, 0.5) is 0 Å². The van der Waals surface area contributed by atoms with Crippen molar-refractivity contribution < 1.29 is 24.5 Å². The van der Waals surface area contributed by atoms with Crippen LogP contribution >= 0.6 is 22.6 Å². The van der Waals surface area contributed by atoms with Crippen LogP contribution in [0.25, 0.3) is 0 Å². The molecular weight excluding hydrogens is 483 g/mol. The van der Waals surface area contributed by atoms with Crippen LogP contribution in [0.1, 0.15) is 38.5 Å². The highest BCUT2D eigenvalue weighted by Gasteiger charge is 2.46. The number of ether oxygens (including phenoxy) is 2. The molecule has 0 amide bonds. The monoisotopic (exact) mass is 512 g/mol. The van der Waals surface area contributed by atoms with Crippen molar-refractivity contribution in [2.45, 2.75) is 56.8 Å². The molecule has 2 aliphatic rings. The second-order valence-electron chi connectivity index (χ2n) is 7.74. The van der Waals surface area contributed by atoms with E-state index in [1.165, 1.54) is 0 Å². The van der Waals surface area contributed by atoms with Gasteiger partial charge < -0.3 is 19.7 Å². The average Bonchev–Trinajstić information content (AvgIpc) is 3.30. The van der Waals surface area contributed by atoms with Gasteiger partial charge in [0, 0.05) is 15.9 Å². The smallest absolute Gasteiger partial charge is 0.303 e. The van der Waals surface area contributed by atoms with E-state index in [-0.39, 0.29) is 19.1 Å². The van der Waals surface area contributed by atoms with Gasteiger partial charge in [-0.3, -0.25) is 4.79 Å². The molecular formula is C23H29IO5. The van der Waals surface area contributed by atoms with Crippen LogP contribution in [0.3, 0.4) is 0 Å². The van der Waals surface area contributed by atoms with Crippen molar-refractivity contribution in [1.82, 2.24) is 0 Å². The zero-order chi connectivity index (χ0) is 20.6. The number of carboxylic acids is 1. The van der Waals surface area contributed by atoms with Gasteiger partial charge in [0.2, 0.25) is 0 Å². The second-order valence-corrected chi connectivity index (χ2v) is 8.99. The molecule has 0 saturated carbocycles. The number of aliphatic hydroxyl groups is 1. The summed E-state index contributed by atoms with van der Waals surface area (Å²) < 4.78 is 12.9. The second kappa shape index (κ2) is 11.1. The number of rotatable bonds is 11. The molecule has 5 atom stereocenters. The predicted molar refractivity (Wildman–Crippen MR) is 120 cm³/mol. The van der Waals surface area contributed by atoms with E-state index >= 15 is 0 Å². The Hall–Kier alpha value is -1.38. The van der Waals surface area contributed by atoms with Crippen molar-refractivity contribution in [3.05, 3.63) is 52.1 Å². The molecule has 0 aromatic heterocycles. The molecule has 2 bridgehead atoms. The maximum atomic E-state index is 10.6. The molecule has 3 rings (SSSR count). The maximum absolute atomic E-state index is 10.6. The number of hydrogen-bond donors (Lipinski definition) is 2. The van der Waals surface area contributed by atoms with Gasteiger partial charge in [0.1, 0.15) is 18.5 Å². The Bertz CT molecular complexity index is 714. The lowest BCUT2D eigenvalue weighted by Gasteiger charge is -2.25. The van der Waals surface area contributed by atoms with E-state index in [9.17, 15) is 9.90 Å². The molecule has 158 valence electrons. The summed E-state index contributed by atoms with van der Waals surface area (Å²) in [6.07, 6.45) is 12.9. The quantitative estimate of drug-likeness (QED) is 0.258. The van der Waals surface area contributed by atoms with E-state index in [0.29, 0.717) is 24.4 Å². The van der Waals surface area contributed by atoms with Gasteiger partial charge in [-0.1, -0.05) is 24.3 Å². The molecule has 29 heavy (non-hydrogen) atoms. The molecule has 5 nitrogen and oxygen atoms in total. The summed E-state index contributed by atoms with van der Waals surface area (Å²) in [5.74, 6) is 0.747. The molecule has 2 fully saturated rings. The van der Waals surface area contributed by atoms with E-state index in [4.69, 9.17) is 14.6 Å². The summed E-state index contributed by atoms with van der Waals surface area (Å²) in [7, 11) is 0. The fraction of sp³-hybridized carbons (Fsp3) is 0.522. The number of allylic oxidation sites excluding steroid dienone is 2. The van der Waals surface area contributed by atoms with Crippen molar-refractivity contribution in [3.8, 4) is 5.75 Å². The largest absolute Gasteiger partial charge is 0.491 e. The van der Waals surface area contributed by atoms with Gasteiger partial charge in [-0.25, -0.2) is 0 Å². The van der Waals surface area contributed by atoms with Crippen LogP contribution < -0.4 is 4.74 Å². The number of carbonyl (C=O) groups is 1. The average molecular weight is 512 g/mol. The Morgan fingerprint density at radius 3 is 2.76 bits per heavy atom. The first-order valence-corrected chi connectivity index (χ1v) is 11.4. The van der Waals surface area contributed by atoms with Crippen LogP contribution in [-0.2, 0) is 9.53 Å². The summed E-state index contributed by atoms with van der Waals surface area (Å²) in [5, 5.41) is 19.0. The number of carboxylic acid groups (broad SMARTS) is 1. The zero-order valence-corrected chi connectivity index (χ0v) is 18.6. The van der Waals surface area contributed by atoms with Crippen molar-refractivity contribution in [1.29, 1.82) is 0 Å². The lowest BCUT2D eigenvalue weighted by Crippen LogP contribution is -2.26. The van der Waals surface area contributed by atoms with E-state index in [1.807, 2.05) is 30.3 Å². The first kappa shape index (κ1) is 22.3. The third kappa shape index (κ3) is 6.83. The molecule has 2 aliphatic heterocycles. The van der Waals surface area contributed by atoms with Gasteiger partial charge in [0.25, 0.3) is 0 Å². The number of benzene rings is 1. The number of aliphatic hydroxyl groups excluding tert-OH is 1. The van der Waals surface area contributed by atoms with Crippen LogP contribution in [0.5, 0.6) is 5.75 Å². The lowest BCUT2D eigenvalue weighted by atomic mass is 9.77. The minimum atomic E-state index is -0.741. The Morgan fingerprint density at radius 1 is 1.24 bits per heavy atom. The van der Waals surface area contributed by atoms with Gasteiger partial charge in [-0.15, -0.1) is 0 Å². The lowest BCUT2D eigenvalue weighted by molar-refractivity contribution is -0.137. The van der Waals surface area contributed by atoms with Crippen molar-refractivity contribution in [3.63, 3.8) is 0 Å². The normalized spacial score (nSPS) is 27.1. The van der Waals surface area contributed by atoms with Crippen molar-refractivity contribution >= 4 is 28.6 Å². The van der Waals surface area contributed by atoms with E-state index in [0.717, 1.165) is 35.0 Å². The number of fused-ring (bicyclic) bond motifs is 2. The zero-order valence-electron chi connectivity index (χ0n) is 16.5. The molecule has 1 aromatic rings. The van der Waals surface area contributed by atoms with Crippen LogP contribution in [-0.4, -0.2) is 41.1 Å². The third-order valence-electron chi connectivity index (χ3n) is 5.61. The number of hydrogen-bond acceptors (Lipinski definition) is 4. The fourth-order valence-electron chi connectivity index (χ4n) is 4.15. The Balaban J connectivity index is 1.46. The Kier molecular flexibility index (Phi) is 8.56. The van der Waals surface area contributed by atoms with E-state index in [2.05, 4.69) is 40.8 Å². The molecule has 0 aliphatic carbocycles. The Morgan fingerprint density at radius 2 is 2.00 bits per heavy atom. The minimum Gasteiger partial charge on any atom is -0.491 e. The van der Waals surface area contributed by atoms with Gasteiger partial charge in [-0.2, -0.15) is 0 Å².